The summed E-state index contributed by atoms with van der Waals surface area (Å²) in [5, 5.41) is 14.6. The predicted octanol–water partition coefficient (Wildman–Crippen LogP) is 6.29. The van der Waals surface area contributed by atoms with E-state index in [1.165, 1.54) is 18.3 Å². The van der Waals surface area contributed by atoms with Crippen LogP contribution in [0.3, 0.4) is 0 Å². The van der Waals surface area contributed by atoms with Gasteiger partial charge in [0, 0.05) is 43.8 Å². The van der Waals surface area contributed by atoms with Crippen molar-refractivity contribution in [2.45, 2.75) is 105 Å². The summed E-state index contributed by atoms with van der Waals surface area (Å²) in [7, 11) is 0. The van der Waals surface area contributed by atoms with Crippen molar-refractivity contribution in [3.05, 3.63) is 52.0 Å². The number of carbonyl (C=O) groups excluding carboxylic acids is 3. The molecule has 1 unspecified atom stereocenters. The molecule has 0 fully saturated rings. The first-order valence-electron chi connectivity index (χ1n) is 15.4. The molecule has 0 saturated heterocycles. The molecule has 0 aliphatic rings. The Morgan fingerprint density at radius 3 is 2.28 bits per heavy atom. The fraction of sp³-hybridized carbons (Fsp3) is 0.606. The average Bonchev–Trinajstić information content (AvgIpc) is 3.44. The number of ether oxygens (including phenoxy) is 1. The summed E-state index contributed by atoms with van der Waals surface area (Å²) in [6.45, 7) is 13.9. The quantitative estimate of drug-likeness (QED) is 0.189. The minimum absolute atomic E-state index is 0.0933. The van der Waals surface area contributed by atoms with Gasteiger partial charge in [-0.3, -0.25) is 19.2 Å². The second-order valence-electron chi connectivity index (χ2n) is 11.9. The lowest BCUT2D eigenvalue weighted by molar-refractivity contribution is -0.149. The summed E-state index contributed by atoms with van der Waals surface area (Å²) < 4.78 is 5.73. The largest absolute Gasteiger partial charge is 0.481 e. The summed E-state index contributed by atoms with van der Waals surface area (Å²) >= 11 is 1.23. The maximum Gasteiger partial charge on any atom is 0.306 e. The van der Waals surface area contributed by atoms with Crippen LogP contribution in [0.1, 0.15) is 108 Å². The number of hydrogen-bond acceptors (Lipinski definition) is 7. The van der Waals surface area contributed by atoms with E-state index in [1.54, 1.807) is 12.3 Å². The lowest BCUT2D eigenvalue weighted by Gasteiger charge is -2.36. The minimum atomic E-state index is -0.924. The van der Waals surface area contributed by atoms with Gasteiger partial charge >= 0.3 is 11.9 Å². The average molecular weight is 616 g/mol. The van der Waals surface area contributed by atoms with Crippen molar-refractivity contribution in [1.82, 2.24) is 15.2 Å². The van der Waals surface area contributed by atoms with E-state index >= 15 is 0 Å². The number of thiazole rings is 1. The molecule has 0 spiro atoms. The normalized spacial score (nSPS) is 14.8. The molecular weight excluding hydrogens is 566 g/mol. The van der Waals surface area contributed by atoms with Crippen molar-refractivity contribution >= 4 is 35.1 Å². The summed E-state index contributed by atoms with van der Waals surface area (Å²) in [5.74, 6) is -1.99. The SMILES string of the molecule is CCCN(C(=O)C[C@@H](C)CC)C(C[C@@H](OC(C)=O)c1nc(C(=O)N[C@@H](Cc2ccccc2)C[C@H](C)C(=O)O)cs1)C(C)C. The van der Waals surface area contributed by atoms with Gasteiger partial charge in [-0.2, -0.15) is 0 Å². The number of esters is 1. The third kappa shape index (κ3) is 11.7. The summed E-state index contributed by atoms with van der Waals surface area (Å²) in [5.41, 5.74) is 1.16. The predicted molar refractivity (Wildman–Crippen MR) is 169 cm³/mol. The minimum Gasteiger partial charge on any atom is -0.481 e. The Hall–Kier alpha value is -3.27. The number of aliphatic carboxylic acids is 1. The Morgan fingerprint density at radius 1 is 1.05 bits per heavy atom. The van der Waals surface area contributed by atoms with Crippen LogP contribution in [0.4, 0.5) is 0 Å². The Labute approximate surface area is 260 Å². The van der Waals surface area contributed by atoms with E-state index in [0.717, 1.165) is 18.4 Å². The van der Waals surface area contributed by atoms with Crippen LogP contribution in [0.25, 0.3) is 0 Å². The lowest BCUT2D eigenvalue weighted by atomic mass is 9.94. The lowest BCUT2D eigenvalue weighted by Crippen LogP contribution is -2.45. The Kier molecular flexibility index (Phi) is 14.8. The van der Waals surface area contributed by atoms with Crippen LogP contribution in [0, 0.1) is 17.8 Å². The Balaban J connectivity index is 2.30. The van der Waals surface area contributed by atoms with E-state index in [0.29, 0.717) is 30.8 Å². The molecule has 2 N–H and O–H groups in total. The van der Waals surface area contributed by atoms with Crippen LogP contribution in [0.5, 0.6) is 0 Å². The molecule has 10 heteroatoms. The third-order valence-corrected chi connectivity index (χ3v) is 8.63. The molecule has 5 atom stereocenters. The second kappa shape index (κ2) is 17.8. The number of aromatic nitrogens is 1. The molecule has 2 amide bonds. The van der Waals surface area contributed by atoms with Crippen LogP contribution in [0.15, 0.2) is 35.7 Å². The molecular formula is C33H49N3O6S. The van der Waals surface area contributed by atoms with Crippen molar-refractivity contribution in [1.29, 1.82) is 0 Å². The zero-order chi connectivity index (χ0) is 32.1. The number of hydrogen-bond donors (Lipinski definition) is 2. The van der Waals surface area contributed by atoms with Gasteiger partial charge in [0.2, 0.25) is 5.91 Å². The van der Waals surface area contributed by atoms with E-state index in [2.05, 4.69) is 38.0 Å². The highest BCUT2D eigenvalue weighted by Crippen LogP contribution is 2.31. The number of nitrogens with zero attached hydrogens (tertiary/aromatic N) is 2. The monoisotopic (exact) mass is 615 g/mol. The van der Waals surface area contributed by atoms with Gasteiger partial charge in [0.05, 0.1) is 5.92 Å². The van der Waals surface area contributed by atoms with Gasteiger partial charge in [-0.05, 0) is 36.7 Å². The van der Waals surface area contributed by atoms with Crippen molar-refractivity contribution in [2.75, 3.05) is 6.54 Å². The van der Waals surface area contributed by atoms with E-state index < -0.39 is 35.9 Å². The van der Waals surface area contributed by atoms with E-state index in [4.69, 9.17) is 4.74 Å². The van der Waals surface area contributed by atoms with Crippen molar-refractivity contribution in [3.8, 4) is 0 Å². The van der Waals surface area contributed by atoms with Gasteiger partial charge in [-0.25, -0.2) is 4.98 Å². The van der Waals surface area contributed by atoms with Gasteiger partial charge in [0.1, 0.15) is 10.7 Å². The number of nitrogens with one attached hydrogen (secondary N) is 1. The highest BCUT2D eigenvalue weighted by molar-refractivity contribution is 7.09. The van der Waals surface area contributed by atoms with Crippen LogP contribution in [0.2, 0.25) is 0 Å². The smallest absolute Gasteiger partial charge is 0.306 e. The van der Waals surface area contributed by atoms with E-state index in [-0.39, 0.29) is 35.9 Å². The number of carboxylic acid groups (broad SMARTS) is 1. The summed E-state index contributed by atoms with van der Waals surface area (Å²) in [4.78, 5) is 56.9. The maximum absolute atomic E-state index is 13.3. The molecule has 9 nitrogen and oxygen atoms in total. The third-order valence-electron chi connectivity index (χ3n) is 7.69. The molecule has 0 aliphatic carbocycles. The first-order valence-corrected chi connectivity index (χ1v) is 16.2. The zero-order valence-corrected chi connectivity index (χ0v) is 27.5. The zero-order valence-electron chi connectivity index (χ0n) is 26.7. The van der Waals surface area contributed by atoms with E-state index in [9.17, 15) is 24.3 Å². The number of amides is 2. The van der Waals surface area contributed by atoms with Crippen molar-refractivity contribution < 1.29 is 29.0 Å². The molecule has 1 aromatic heterocycles. The maximum atomic E-state index is 13.3. The number of carbonyl (C=O) groups is 4. The topological polar surface area (TPSA) is 126 Å². The standard InChI is InChI=1S/C33H49N3O6S/c1-8-15-36(30(38)16-22(5)9-2)28(21(3)4)19-29(42-24(7)37)32-35-27(20-43-32)31(39)34-26(17-23(6)33(40)41)18-25-13-11-10-12-14-25/h10-14,20-23,26,28-29H,8-9,15-19H2,1-7H3,(H,34,39)(H,40,41)/t22-,23-,26+,28?,29+/m0/s1. The molecule has 238 valence electrons. The van der Waals surface area contributed by atoms with E-state index in [1.807, 2.05) is 42.2 Å². The Bertz CT molecular complexity index is 1180. The molecule has 0 aliphatic heterocycles. The molecule has 2 aromatic rings. The molecule has 0 saturated carbocycles. The van der Waals surface area contributed by atoms with Crippen LogP contribution < -0.4 is 5.32 Å². The van der Waals surface area contributed by atoms with Gasteiger partial charge < -0.3 is 20.1 Å². The van der Waals surface area contributed by atoms with Crippen molar-refractivity contribution in [3.63, 3.8) is 0 Å². The molecule has 43 heavy (non-hydrogen) atoms. The summed E-state index contributed by atoms with van der Waals surface area (Å²) in [6.07, 6.45) is 2.57. The molecule has 1 aromatic carbocycles. The fourth-order valence-electron chi connectivity index (χ4n) is 5.07. The first-order chi connectivity index (χ1) is 20.4. The highest BCUT2D eigenvalue weighted by atomic mass is 32.1. The number of benzene rings is 1. The number of rotatable bonds is 18. The fourth-order valence-corrected chi connectivity index (χ4v) is 5.91. The van der Waals surface area contributed by atoms with Crippen LogP contribution in [-0.2, 0) is 25.5 Å². The molecule has 1 heterocycles. The van der Waals surface area contributed by atoms with Gasteiger partial charge in [0.25, 0.3) is 5.91 Å². The van der Waals surface area contributed by atoms with Crippen LogP contribution >= 0.6 is 11.3 Å². The van der Waals surface area contributed by atoms with Gasteiger partial charge in [0.15, 0.2) is 6.10 Å². The summed E-state index contributed by atoms with van der Waals surface area (Å²) in [6, 6.07) is 8.99. The second-order valence-corrected chi connectivity index (χ2v) is 12.7. The molecule has 0 radical (unpaired) electrons. The van der Waals surface area contributed by atoms with Crippen LogP contribution in [-0.4, -0.2) is 57.4 Å². The molecule has 0 bridgehead atoms. The number of carboxylic acids is 1. The Morgan fingerprint density at radius 2 is 1.72 bits per heavy atom. The van der Waals surface area contributed by atoms with Crippen molar-refractivity contribution in [2.24, 2.45) is 17.8 Å². The highest BCUT2D eigenvalue weighted by Gasteiger charge is 2.32. The van der Waals surface area contributed by atoms with Gasteiger partial charge in [-0.1, -0.05) is 78.3 Å². The molecule has 2 rings (SSSR count). The van der Waals surface area contributed by atoms with Gasteiger partial charge in [-0.15, -0.1) is 11.3 Å². The first kappa shape index (κ1) is 35.9.